The predicted octanol–water partition coefficient (Wildman–Crippen LogP) is 3.87. The highest BCUT2D eigenvalue weighted by atomic mass is 16.5. The number of aromatic nitrogens is 1. The Morgan fingerprint density at radius 2 is 1.91 bits per heavy atom. The molecule has 1 aromatic carbocycles. The van der Waals surface area contributed by atoms with E-state index in [0.717, 1.165) is 23.5 Å². The Kier molecular flexibility index (Phi) is 8.47. The molecule has 2 aromatic rings. The summed E-state index contributed by atoms with van der Waals surface area (Å²) in [7, 11) is 2.98. The number of nitriles is 1. The van der Waals surface area contributed by atoms with Crippen molar-refractivity contribution in [1.82, 2.24) is 4.57 Å². The van der Waals surface area contributed by atoms with E-state index in [1.807, 2.05) is 26.0 Å². The van der Waals surface area contributed by atoms with Crippen molar-refractivity contribution in [3.63, 3.8) is 0 Å². The van der Waals surface area contributed by atoms with Crippen LogP contribution in [-0.2, 0) is 20.9 Å². The average molecular weight is 440 g/mol. The second-order valence-corrected chi connectivity index (χ2v) is 7.69. The number of esters is 1. The van der Waals surface area contributed by atoms with Crippen LogP contribution in [0.3, 0.4) is 0 Å². The minimum atomic E-state index is -0.867. The summed E-state index contributed by atoms with van der Waals surface area (Å²) in [6.07, 6.45) is 1.49. The molecule has 0 aliphatic carbocycles. The van der Waals surface area contributed by atoms with Crippen LogP contribution in [0.25, 0.3) is 6.08 Å². The summed E-state index contributed by atoms with van der Waals surface area (Å²) in [6.45, 7) is 8.46. The molecular formula is C24H29N3O5. The van der Waals surface area contributed by atoms with Crippen LogP contribution in [0.4, 0.5) is 5.69 Å². The molecule has 0 fully saturated rings. The van der Waals surface area contributed by atoms with Gasteiger partial charge in [0, 0.05) is 24.0 Å². The third kappa shape index (κ3) is 6.14. The van der Waals surface area contributed by atoms with Crippen LogP contribution in [0.15, 0.2) is 29.8 Å². The van der Waals surface area contributed by atoms with Gasteiger partial charge in [-0.15, -0.1) is 0 Å². The third-order valence-electron chi connectivity index (χ3n) is 4.82. The molecule has 0 aliphatic rings. The van der Waals surface area contributed by atoms with E-state index < -0.39 is 18.5 Å². The maximum atomic E-state index is 12.4. The van der Waals surface area contributed by atoms with Gasteiger partial charge in [0.2, 0.25) is 0 Å². The van der Waals surface area contributed by atoms with E-state index in [0.29, 0.717) is 23.1 Å². The van der Waals surface area contributed by atoms with Crippen molar-refractivity contribution >= 4 is 23.6 Å². The van der Waals surface area contributed by atoms with Gasteiger partial charge in [0.1, 0.15) is 23.1 Å². The maximum absolute atomic E-state index is 12.4. The number of methoxy groups -OCH3 is 2. The van der Waals surface area contributed by atoms with E-state index in [1.165, 1.54) is 20.3 Å². The fraction of sp³-hybridized carbons (Fsp3) is 0.375. The highest BCUT2D eigenvalue weighted by Gasteiger charge is 2.17. The monoisotopic (exact) mass is 439 g/mol. The number of hydrogen-bond donors (Lipinski definition) is 1. The quantitative estimate of drug-likeness (QED) is 0.361. The van der Waals surface area contributed by atoms with Crippen LogP contribution in [0.1, 0.15) is 30.8 Å². The Morgan fingerprint density at radius 3 is 2.50 bits per heavy atom. The van der Waals surface area contributed by atoms with Crippen molar-refractivity contribution < 1.29 is 23.8 Å². The first-order valence-corrected chi connectivity index (χ1v) is 10.2. The van der Waals surface area contributed by atoms with Gasteiger partial charge in [0.15, 0.2) is 6.61 Å². The molecule has 1 aromatic heterocycles. The van der Waals surface area contributed by atoms with E-state index in [4.69, 9.17) is 14.2 Å². The highest BCUT2D eigenvalue weighted by molar-refractivity contribution is 6.00. The lowest BCUT2D eigenvalue weighted by molar-refractivity contribution is -0.142. The van der Waals surface area contributed by atoms with Crippen LogP contribution in [-0.4, -0.2) is 37.3 Å². The molecule has 0 atom stereocenters. The molecule has 0 saturated carbocycles. The summed E-state index contributed by atoms with van der Waals surface area (Å²) in [5.41, 5.74) is 2.96. The Morgan fingerprint density at radius 1 is 1.19 bits per heavy atom. The Balaban J connectivity index is 2.09. The lowest BCUT2D eigenvalue weighted by Gasteiger charge is -2.12. The summed E-state index contributed by atoms with van der Waals surface area (Å²) in [4.78, 5) is 24.7. The normalized spacial score (nSPS) is 11.1. The van der Waals surface area contributed by atoms with Gasteiger partial charge >= 0.3 is 5.97 Å². The van der Waals surface area contributed by atoms with Gasteiger partial charge in [0.25, 0.3) is 5.91 Å². The highest BCUT2D eigenvalue weighted by Crippen LogP contribution is 2.28. The van der Waals surface area contributed by atoms with Gasteiger partial charge in [-0.05, 0) is 49.6 Å². The molecule has 2 rings (SSSR count). The maximum Gasteiger partial charge on any atom is 0.349 e. The summed E-state index contributed by atoms with van der Waals surface area (Å²) in [5.74, 6) is -0.0207. The zero-order valence-electron chi connectivity index (χ0n) is 19.3. The van der Waals surface area contributed by atoms with E-state index in [2.05, 4.69) is 23.7 Å². The number of nitrogens with zero attached hydrogens (tertiary/aromatic N) is 2. The molecule has 0 radical (unpaired) electrons. The summed E-state index contributed by atoms with van der Waals surface area (Å²) < 4.78 is 17.5. The Hall–Kier alpha value is -3.73. The first-order chi connectivity index (χ1) is 15.2. The molecule has 8 nitrogen and oxygen atoms in total. The number of rotatable bonds is 9. The van der Waals surface area contributed by atoms with Gasteiger partial charge in [-0.1, -0.05) is 13.8 Å². The van der Waals surface area contributed by atoms with E-state index >= 15 is 0 Å². The van der Waals surface area contributed by atoms with Crippen LogP contribution in [0, 0.1) is 31.1 Å². The van der Waals surface area contributed by atoms with E-state index in [-0.39, 0.29) is 5.57 Å². The SMILES string of the molecule is COc1ccc(OC)c(NC(=O)COC(=O)/C(C#N)=C/c2cc(C)n(CC(C)C)c2C)c1. The van der Waals surface area contributed by atoms with E-state index in [9.17, 15) is 14.9 Å². The van der Waals surface area contributed by atoms with Crippen LogP contribution in [0.5, 0.6) is 11.5 Å². The van der Waals surface area contributed by atoms with E-state index in [1.54, 1.807) is 18.2 Å². The second-order valence-electron chi connectivity index (χ2n) is 7.69. The summed E-state index contributed by atoms with van der Waals surface area (Å²) in [6, 6.07) is 8.71. The summed E-state index contributed by atoms with van der Waals surface area (Å²) >= 11 is 0. The van der Waals surface area contributed by atoms with Crippen molar-refractivity contribution in [1.29, 1.82) is 5.26 Å². The molecule has 1 heterocycles. The minimum absolute atomic E-state index is 0.179. The molecular weight excluding hydrogens is 410 g/mol. The molecule has 0 bridgehead atoms. The molecule has 0 spiro atoms. The number of hydrogen-bond acceptors (Lipinski definition) is 6. The van der Waals surface area contributed by atoms with Crippen LogP contribution in [0.2, 0.25) is 0 Å². The van der Waals surface area contributed by atoms with Gasteiger partial charge in [-0.2, -0.15) is 5.26 Å². The fourth-order valence-corrected chi connectivity index (χ4v) is 3.22. The van der Waals surface area contributed by atoms with Crippen LogP contribution < -0.4 is 14.8 Å². The molecule has 0 saturated heterocycles. The van der Waals surface area contributed by atoms with Gasteiger partial charge < -0.3 is 24.1 Å². The molecule has 0 unspecified atom stereocenters. The molecule has 1 N–H and O–H groups in total. The minimum Gasteiger partial charge on any atom is -0.497 e. The average Bonchev–Trinajstić information content (AvgIpc) is 3.02. The third-order valence-corrected chi connectivity index (χ3v) is 4.82. The molecule has 1 amide bonds. The van der Waals surface area contributed by atoms with Gasteiger partial charge in [-0.3, -0.25) is 4.79 Å². The first kappa shape index (κ1) is 24.5. The lowest BCUT2D eigenvalue weighted by atomic mass is 10.1. The van der Waals surface area contributed by atoms with Crippen molar-refractivity contribution in [2.24, 2.45) is 5.92 Å². The zero-order valence-corrected chi connectivity index (χ0v) is 19.3. The zero-order chi connectivity index (χ0) is 23.8. The number of aryl methyl sites for hydroxylation is 1. The number of anilines is 1. The largest absolute Gasteiger partial charge is 0.497 e. The van der Waals surface area contributed by atoms with Crippen molar-refractivity contribution in [3.8, 4) is 17.6 Å². The number of ether oxygens (including phenoxy) is 3. The predicted molar refractivity (Wildman–Crippen MR) is 121 cm³/mol. The number of nitrogens with one attached hydrogen (secondary N) is 1. The standard InChI is InChI=1S/C24H29N3O5/c1-15(2)13-27-16(3)9-18(17(27)4)10-19(12-25)24(29)32-14-23(28)26-21-11-20(30-5)7-8-22(21)31-6/h7-11,15H,13-14H2,1-6H3,(H,26,28)/b19-10+. The van der Waals surface area contributed by atoms with Gasteiger partial charge in [-0.25, -0.2) is 4.79 Å². The van der Waals surface area contributed by atoms with Gasteiger partial charge in [0.05, 0.1) is 19.9 Å². The molecule has 32 heavy (non-hydrogen) atoms. The Labute approximate surface area is 188 Å². The number of carbonyl (C=O) groups is 2. The number of benzene rings is 1. The second kappa shape index (κ2) is 11.0. The summed E-state index contributed by atoms with van der Waals surface area (Å²) in [5, 5.41) is 12.0. The van der Waals surface area contributed by atoms with Crippen LogP contribution >= 0.6 is 0 Å². The Bertz CT molecular complexity index is 1060. The fourth-order valence-electron chi connectivity index (χ4n) is 3.22. The number of amides is 1. The van der Waals surface area contributed by atoms with Crippen molar-refractivity contribution in [2.75, 3.05) is 26.1 Å². The topological polar surface area (TPSA) is 103 Å². The molecule has 0 aliphatic heterocycles. The van der Waals surface area contributed by atoms with Crippen molar-refractivity contribution in [3.05, 3.63) is 46.8 Å². The lowest BCUT2D eigenvalue weighted by Crippen LogP contribution is -2.21. The first-order valence-electron chi connectivity index (χ1n) is 10.2. The van der Waals surface area contributed by atoms with Crippen molar-refractivity contribution in [2.45, 2.75) is 34.2 Å². The number of carbonyl (C=O) groups excluding carboxylic acids is 2. The smallest absolute Gasteiger partial charge is 0.349 e. The molecule has 8 heteroatoms. The molecule has 170 valence electrons.